The molecule has 35 nitrogen and oxygen atoms in total. The fourth-order valence-corrected chi connectivity index (χ4v) is 12.2. The Bertz CT molecular complexity index is 4410. The quantitative estimate of drug-likeness (QED) is 0.0173. The zero-order chi connectivity index (χ0) is 80.5. The van der Waals surface area contributed by atoms with Crippen molar-refractivity contribution in [1.29, 1.82) is 0 Å². The molecule has 7 aromatic rings. The highest BCUT2D eigenvalue weighted by Crippen LogP contribution is 2.23. The summed E-state index contributed by atoms with van der Waals surface area (Å²) >= 11 is 8.46. The first-order chi connectivity index (χ1) is 52.3. The summed E-state index contributed by atoms with van der Waals surface area (Å²) in [5.41, 5.74) is 8.72. The number of thiol groups is 2. The van der Waals surface area contributed by atoms with Crippen LogP contribution >= 0.6 is 25.3 Å². The molecule has 0 spiro atoms. The number of carboxylic acids is 1. The Balaban J connectivity index is 1.14. The van der Waals surface area contributed by atoms with Crippen molar-refractivity contribution in [3.05, 3.63) is 156 Å². The maximum Gasteiger partial charge on any atom is 0.305 e. The van der Waals surface area contributed by atoms with E-state index in [4.69, 9.17) is 5.73 Å². The molecule has 0 aliphatic rings. The SMILES string of the molecule is CC(=O)N[C@@H](CS)C(=O)N[C@H](C(=O)N[C@@H](CC(=O)O)C(=O)N[C@@H](Cc1c[nH]c2ccccc12)C(=O)N[C@H](C(=O)N[C@@H](CS)C(=O)N[C@@H](Cc1ccc(O)cc1)C(=O)N[C@@H](Cc1c[nH]c2ccccc12)C(=O)N[C@@H](Cc1cnc[nH]1)C(=O)N[C@H](C(=O)N[C@@H](Cc1ccccc1)C(=O)NCC(N)=O)[C@@H](C)O)C(C)C)[C@@H](C)O. The van der Waals surface area contributed by atoms with Gasteiger partial charge in [0.1, 0.15) is 72.2 Å². The second-order valence-electron chi connectivity index (χ2n) is 26.5. The molecule has 0 bridgehead atoms. The maximum absolute atomic E-state index is 15.2. The molecule has 0 fully saturated rings. The van der Waals surface area contributed by atoms with Crippen LogP contribution in [0.1, 0.15) is 69.0 Å². The number of nitrogens with zero attached hydrogens (tertiary/aromatic N) is 1. The van der Waals surface area contributed by atoms with Gasteiger partial charge in [0.05, 0.1) is 31.5 Å². The first-order valence-electron chi connectivity index (χ1n) is 34.9. The number of phenols is 1. The number of carbonyl (C=O) groups excluding carboxylic acids is 13. The molecular weight excluding hydrogens is 1470 g/mol. The molecule has 0 radical (unpaired) electrons. The average Bonchev–Trinajstić information content (AvgIpc) is 1.64. The number of carboxylic acid groups (broad SMARTS) is 1. The van der Waals surface area contributed by atoms with E-state index in [0.29, 0.717) is 49.8 Å². The highest BCUT2D eigenvalue weighted by atomic mass is 32.1. The predicted octanol–water partition coefficient (Wildman–Crippen LogP) is -2.70. The lowest BCUT2D eigenvalue weighted by atomic mass is 9.99. The molecule has 0 aliphatic heterocycles. The number of para-hydroxylation sites is 2. The van der Waals surface area contributed by atoms with Crippen molar-refractivity contribution in [2.24, 2.45) is 11.7 Å². The lowest BCUT2D eigenvalue weighted by molar-refractivity contribution is -0.142. The predicted molar refractivity (Wildman–Crippen MR) is 406 cm³/mol. The summed E-state index contributed by atoms with van der Waals surface area (Å²) < 4.78 is 0. The number of H-pyrrole nitrogens is 3. The number of primary amides is 1. The molecule has 0 saturated heterocycles. The van der Waals surface area contributed by atoms with Gasteiger partial charge in [0.2, 0.25) is 76.8 Å². The molecular formula is C73H91N17O18S2. The van der Waals surface area contributed by atoms with Crippen molar-refractivity contribution in [1.82, 2.24) is 83.7 Å². The van der Waals surface area contributed by atoms with Crippen LogP contribution < -0.4 is 69.5 Å². The number of phenolic OH excluding ortho intramolecular Hbond substituents is 1. The van der Waals surface area contributed by atoms with Gasteiger partial charge in [-0.1, -0.05) is 92.7 Å². The van der Waals surface area contributed by atoms with Crippen LogP contribution in [-0.2, 0) is 99.2 Å². The molecule has 110 heavy (non-hydrogen) atoms. The molecule has 0 unspecified atom stereocenters. The van der Waals surface area contributed by atoms with Crippen LogP contribution in [0, 0.1) is 5.92 Å². The van der Waals surface area contributed by atoms with E-state index in [2.05, 4.69) is 109 Å². The molecule has 0 saturated carbocycles. The van der Waals surface area contributed by atoms with E-state index < -0.39 is 186 Å². The van der Waals surface area contributed by atoms with Crippen molar-refractivity contribution in [3.63, 3.8) is 0 Å². The lowest BCUT2D eigenvalue weighted by Gasteiger charge is -2.29. The molecule has 0 aliphatic carbocycles. The summed E-state index contributed by atoms with van der Waals surface area (Å²) in [6.45, 7) is 5.95. The Morgan fingerprint density at radius 1 is 0.436 bits per heavy atom. The number of nitrogens with two attached hydrogens (primary N) is 1. The molecule has 13 atom stereocenters. The van der Waals surface area contributed by atoms with Gasteiger partial charge < -0.3 is 105 Å². The third-order valence-corrected chi connectivity index (χ3v) is 18.2. The Morgan fingerprint density at radius 2 is 0.818 bits per heavy atom. The monoisotopic (exact) mass is 1560 g/mol. The standard InChI is InChI=1S/C73H91N17O18S2/c1-36(2)60(88-67(102)53(26-43-30-77-49-18-12-10-16-47(43)49)83-66(101)55(28-59(96)97)86-73(108)62(38(4)92)90-70(105)56(33-109)80-39(5)93)71(106)87-57(34-110)69(104)81-51(24-41-19-21-45(94)22-20-41)64(99)82-52(25-42-29-76-48-17-11-9-15-46(42)48)65(100)84-54(27-44-31-75-35-79-44)68(103)89-61(37(3)91)72(107)85-50(63(98)78-32-58(74)95)23-40-13-7-6-8-14-40/h6-22,29-31,35-38,50-57,60-62,76-77,91-92,94,109-110H,23-28,32-34H2,1-5H3,(H2,74,95)(H,75,79)(H,78,98)(H,80,93)(H,81,104)(H,82,99)(H,83,101)(H,84,100)(H,85,107)(H,86,108)(H,87,106)(H,88,102)(H,89,103)(H,90,105)(H,96,97)/t37-,38-,50+,51+,52+,53+,54+,55+,56+,57+,60+,61+,62+/m1/s1. The number of aliphatic hydroxyl groups excluding tert-OH is 2. The van der Waals surface area contributed by atoms with Gasteiger partial charge in [-0.15, -0.1) is 0 Å². The van der Waals surface area contributed by atoms with E-state index >= 15 is 9.59 Å². The Morgan fingerprint density at radius 3 is 1.27 bits per heavy atom. The summed E-state index contributed by atoms with van der Waals surface area (Å²) in [4.78, 5) is 207. The number of rotatable bonds is 41. The molecule has 588 valence electrons. The van der Waals surface area contributed by atoms with Crippen LogP contribution in [-0.4, -0.2) is 220 Å². The number of fused-ring (bicyclic) bond motifs is 2. The number of carbonyl (C=O) groups is 14. The fourth-order valence-electron chi connectivity index (χ4n) is 11.7. The minimum atomic E-state index is -1.98. The number of nitrogens with one attached hydrogen (secondary N) is 15. The largest absolute Gasteiger partial charge is 0.508 e. The van der Waals surface area contributed by atoms with Crippen molar-refractivity contribution in [2.75, 3.05) is 18.1 Å². The zero-order valence-electron chi connectivity index (χ0n) is 60.5. The topological polar surface area (TPSA) is 551 Å². The number of hydrogen-bond donors (Lipinski definition) is 22. The van der Waals surface area contributed by atoms with Crippen molar-refractivity contribution < 1.29 is 87.5 Å². The molecule has 3 heterocycles. The third kappa shape index (κ3) is 25.1. The van der Waals surface area contributed by atoms with E-state index in [-0.39, 0.29) is 43.6 Å². The molecule has 7 rings (SSSR count). The molecule has 37 heteroatoms. The number of benzene rings is 4. The van der Waals surface area contributed by atoms with Crippen LogP contribution in [0.15, 0.2) is 128 Å². The van der Waals surface area contributed by atoms with Crippen molar-refractivity contribution in [3.8, 4) is 5.75 Å². The van der Waals surface area contributed by atoms with Gasteiger partial charge in [-0.25, -0.2) is 4.98 Å². The van der Waals surface area contributed by atoms with Gasteiger partial charge in [-0.3, -0.25) is 67.1 Å². The average molecular weight is 1560 g/mol. The van der Waals surface area contributed by atoms with Gasteiger partial charge in [-0.05, 0) is 66.3 Å². The number of hydrogen-bond acceptors (Lipinski definition) is 20. The first kappa shape index (κ1) is 85.4. The minimum absolute atomic E-state index is 0.104. The first-order valence-corrected chi connectivity index (χ1v) is 36.1. The maximum atomic E-state index is 15.2. The van der Waals surface area contributed by atoms with Crippen molar-refractivity contribution >= 4 is 130 Å². The van der Waals surface area contributed by atoms with E-state index in [1.807, 2.05) is 0 Å². The van der Waals surface area contributed by atoms with Gasteiger partial charge in [-0.2, -0.15) is 25.3 Å². The van der Waals surface area contributed by atoms with Crippen LogP contribution in [0.2, 0.25) is 0 Å². The second kappa shape index (κ2) is 40.9. The number of aliphatic carboxylic acids is 1. The molecule has 21 N–H and O–H groups in total. The second-order valence-corrected chi connectivity index (χ2v) is 27.2. The summed E-state index contributed by atoms with van der Waals surface area (Å²) in [6.07, 6.45) is 0.0316. The normalized spacial score (nSPS) is 14.8. The van der Waals surface area contributed by atoms with Crippen LogP contribution in [0.25, 0.3) is 21.8 Å². The van der Waals surface area contributed by atoms with Gasteiger partial charge in [0.25, 0.3) is 0 Å². The number of imidazole rings is 1. The van der Waals surface area contributed by atoms with E-state index in [0.717, 1.165) is 13.8 Å². The Hall–Kier alpha value is -11.8. The smallest absolute Gasteiger partial charge is 0.305 e. The highest BCUT2D eigenvalue weighted by Gasteiger charge is 2.39. The summed E-state index contributed by atoms with van der Waals surface area (Å²) in [5.74, 6) is -16.1. The summed E-state index contributed by atoms with van der Waals surface area (Å²) in [7, 11) is 0. The van der Waals surface area contributed by atoms with E-state index in [1.165, 1.54) is 43.7 Å². The van der Waals surface area contributed by atoms with Gasteiger partial charge in [0.15, 0.2) is 0 Å². The summed E-state index contributed by atoms with van der Waals surface area (Å²) in [5, 5.41) is 73.1. The van der Waals surface area contributed by atoms with Crippen LogP contribution in [0.5, 0.6) is 5.75 Å². The molecule has 3 aromatic heterocycles. The van der Waals surface area contributed by atoms with Gasteiger partial charge >= 0.3 is 5.97 Å². The number of aliphatic hydroxyl groups is 2. The number of aromatic amines is 3. The number of amides is 13. The fraction of sp³-hybridized carbons (Fsp3) is 0.384. The Labute approximate surface area is 641 Å². The number of aromatic hydroxyl groups is 1. The molecule has 4 aromatic carbocycles. The van der Waals surface area contributed by atoms with E-state index in [1.54, 1.807) is 105 Å². The lowest BCUT2D eigenvalue weighted by Crippen LogP contribution is -2.63. The Kier molecular flexibility index (Phi) is 31.8. The molecule has 13 amide bonds. The number of aromatic nitrogens is 4. The summed E-state index contributed by atoms with van der Waals surface area (Å²) in [6, 6.07) is 9.98. The highest BCUT2D eigenvalue weighted by molar-refractivity contribution is 7.80. The van der Waals surface area contributed by atoms with E-state index in [9.17, 15) is 78.0 Å². The zero-order valence-corrected chi connectivity index (χ0v) is 62.3. The minimum Gasteiger partial charge on any atom is -0.508 e. The van der Waals surface area contributed by atoms with Crippen LogP contribution in [0.4, 0.5) is 0 Å². The van der Waals surface area contributed by atoms with Crippen molar-refractivity contribution in [2.45, 2.75) is 152 Å². The van der Waals surface area contributed by atoms with Crippen LogP contribution in [0.3, 0.4) is 0 Å². The third-order valence-electron chi connectivity index (χ3n) is 17.5. The van der Waals surface area contributed by atoms with Gasteiger partial charge in [0, 0.05) is 96.6 Å².